The van der Waals surface area contributed by atoms with Crippen molar-refractivity contribution in [2.45, 2.75) is 33.2 Å². The van der Waals surface area contributed by atoms with E-state index in [2.05, 4.69) is 27.5 Å². The van der Waals surface area contributed by atoms with Crippen LogP contribution in [0.5, 0.6) is 0 Å². The first kappa shape index (κ1) is 15.7. The molecule has 1 heterocycles. The summed E-state index contributed by atoms with van der Waals surface area (Å²) in [4.78, 5) is 10.1. The molecule has 2 N–H and O–H groups in total. The Labute approximate surface area is 130 Å². The highest BCUT2D eigenvalue weighted by atomic mass is 127. The first-order chi connectivity index (χ1) is 8.29. The Bertz CT molecular complexity index is 387. The van der Waals surface area contributed by atoms with Crippen molar-refractivity contribution in [3.05, 3.63) is 16.1 Å². The average Bonchev–Trinajstić information content (AvgIpc) is 3.06. The first-order valence-electron chi connectivity index (χ1n) is 6.20. The van der Waals surface area contributed by atoms with E-state index in [1.54, 1.807) is 11.3 Å². The predicted molar refractivity (Wildman–Crippen MR) is 87.8 cm³/mol. The fourth-order valence-electron chi connectivity index (χ4n) is 1.53. The summed E-state index contributed by atoms with van der Waals surface area (Å²) in [6, 6.07) is 0. The maximum absolute atomic E-state index is 4.58. The van der Waals surface area contributed by atoms with Gasteiger partial charge in [0, 0.05) is 18.0 Å². The van der Waals surface area contributed by atoms with Gasteiger partial charge in [0.1, 0.15) is 0 Å². The molecule has 4 nitrogen and oxygen atoms in total. The van der Waals surface area contributed by atoms with Crippen molar-refractivity contribution < 1.29 is 0 Å². The van der Waals surface area contributed by atoms with E-state index >= 15 is 0 Å². The van der Waals surface area contributed by atoms with Crippen LogP contribution in [-0.4, -0.2) is 24.0 Å². The van der Waals surface area contributed by atoms with Gasteiger partial charge in [-0.2, -0.15) is 0 Å². The molecular formula is C12H21IN4S. The van der Waals surface area contributed by atoms with Gasteiger partial charge in [0.05, 0.1) is 17.7 Å². The molecule has 0 unspecified atom stereocenters. The fourth-order valence-corrected chi connectivity index (χ4v) is 2.23. The van der Waals surface area contributed by atoms with Crippen molar-refractivity contribution in [1.82, 2.24) is 15.6 Å². The van der Waals surface area contributed by atoms with Gasteiger partial charge in [0.25, 0.3) is 0 Å². The molecule has 0 aromatic carbocycles. The predicted octanol–water partition coefficient (Wildman–Crippen LogP) is 2.53. The smallest absolute Gasteiger partial charge is 0.191 e. The van der Waals surface area contributed by atoms with E-state index in [-0.39, 0.29) is 24.0 Å². The molecule has 1 saturated carbocycles. The molecule has 1 aromatic heterocycles. The van der Waals surface area contributed by atoms with E-state index in [1.165, 1.54) is 17.7 Å². The molecule has 1 aromatic rings. The molecule has 1 aliphatic rings. The van der Waals surface area contributed by atoms with Crippen molar-refractivity contribution in [3.8, 4) is 0 Å². The van der Waals surface area contributed by atoms with E-state index < -0.39 is 0 Å². The van der Waals surface area contributed by atoms with Crippen molar-refractivity contribution in [2.75, 3.05) is 13.1 Å². The lowest BCUT2D eigenvalue weighted by Crippen LogP contribution is -2.38. The third-order valence-corrected chi connectivity index (χ3v) is 3.74. The molecule has 0 saturated heterocycles. The lowest BCUT2D eigenvalue weighted by Gasteiger charge is -2.10. The summed E-state index contributed by atoms with van der Waals surface area (Å²) in [5, 5.41) is 6.66. The molecule has 0 radical (unpaired) electrons. The number of nitrogens with zero attached hydrogens (tertiary/aromatic N) is 2. The van der Waals surface area contributed by atoms with E-state index in [0.29, 0.717) is 0 Å². The molecule has 0 aliphatic heterocycles. The van der Waals surface area contributed by atoms with Gasteiger partial charge in [-0.15, -0.1) is 35.3 Å². The zero-order valence-electron chi connectivity index (χ0n) is 10.9. The number of aliphatic imine (C=N–C) groups is 1. The molecule has 1 aliphatic carbocycles. The molecule has 2 rings (SSSR count). The van der Waals surface area contributed by atoms with Gasteiger partial charge in [-0.1, -0.05) is 0 Å². The minimum atomic E-state index is 0. The van der Waals surface area contributed by atoms with Gasteiger partial charge in [0.2, 0.25) is 0 Å². The first-order valence-corrected chi connectivity index (χ1v) is 7.08. The fraction of sp³-hybridized carbons (Fsp3) is 0.667. The Morgan fingerprint density at radius 2 is 2.28 bits per heavy atom. The minimum absolute atomic E-state index is 0. The highest BCUT2D eigenvalue weighted by molar-refractivity contribution is 14.0. The SMILES string of the molecule is CCNC(=NCc1scnc1C)NCC1CC1.I. The third kappa shape index (κ3) is 5.09. The monoisotopic (exact) mass is 380 g/mol. The standard InChI is InChI=1S/C12H20N4S.HI/c1-3-13-12(14-6-10-4-5-10)15-7-11-9(2)16-8-17-11;/h8,10H,3-7H2,1-2H3,(H2,13,14,15);1H. The van der Waals surface area contributed by atoms with Crippen LogP contribution in [0.25, 0.3) is 0 Å². The molecule has 0 bridgehead atoms. The Hall–Kier alpha value is -0.370. The van der Waals surface area contributed by atoms with Crippen molar-refractivity contribution >= 4 is 41.3 Å². The second kappa shape index (κ2) is 7.93. The Balaban J connectivity index is 0.00000162. The normalized spacial score (nSPS) is 15.1. The molecule has 0 atom stereocenters. The number of guanidine groups is 1. The van der Waals surface area contributed by atoms with Crippen LogP contribution >= 0.6 is 35.3 Å². The van der Waals surface area contributed by atoms with Gasteiger partial charge >= 0.3 is 0 Å². The van der Waals surface area contributed by atoms with Gasteiger partial charge in [-0.05, 0) is 32.6 Å². The summed E-state index contributed by atoms with van der Waals surface area (Å²) in [7, 11) is 0. The molecule has 0 spiro atoms. The molecule has 6 heteroatoms. The number of aryl methyl sites for hydroxylation is 1. The van der Waals surface area contributed by atoms with Crippen LogP contribution in [0.2, 0.25) is 0 Å². The number of hydrogen-bond acceptors (Lipinski definition) is 3. The third-order valence-electron chi connectivity index (χ3n) is 2.82. The molecule has 102 valence electrons. The van der Waals surface area contributed by atoms with Gasteiger partial charge in [0.15, 0.2) is 5.96 Å². The van der Waals surface area contributed by atoms with Crippen molar-refractivity contribution in [3.63, 3.8) is 0 Å². The molecule has 18 heavy (non-hydrogen) atoms. The lowest BCUT2D eigenvalue weighted by molar-refractivity contribution is 0.739. The van der Waals surface area contributed by atoms with Crippen molar-refractivity contribution in [1.29, 1.82) is 0 Å². The number of halogens is 1. The van der Waals surface area contributed by atoms with E-state index in [1.807, 2.05) is 12.4 Å². The summed E-state index contributed by atoms with van der Waals surface area (Å²) in [6.07, 6.45) is 2.72. The van der Waals surface area contributed by atoms with Gasteiger partial charge in [-0.3, -0.25) is 0 Å². The summed E-state index contributed by atoms with van der Waals surface area (Å²) < 4.78 is 0. The Morgan fingerprint density at radius 3 is 2.83 bits per heavy atom. The molecule has 1 fully saturated rings. The minimum Gasteiger partial charge on any atom is -0.357 e. The van der Waals surface area contributed by atoms with E-state index in [4.69, 9.17) is 0 Å². The van der Waals surface area contributed by atoms with Gasteiger partial charge in [-0.25, -0.2) is 9.98 Å². The second-order valence-corrected chi connectivity index (χ2v) is 5.32. The quantitative estimate of drug-likeness (QED) is 0.469. The van der Waals surface area contributed by atoms with Crippen LogP contribution < -0.4 is 10.6 Å². The summed E-state index contributed by atoms with van der Waals surface area (Å²) >= 11 is 1.67. The van der Waals surface area contributed by atoms with Gasteiger partial charge < -0.3 is 10.6 Å². The summed E-state index contributed by atoms with van der Waals surface area (Å²) in [5.41, 5.74) is 2.97. The Morgan fingerprint density at radius 1 is 1.50 bits per heavy atom. The average molecular weight is 380 g/mol. The number of nitrogens with one attached hydrogen (secondary N) is 2. The summed E-state index contributed by atoms with van der Waals surface area (Å²) in [6.45, 7) is 6.79. The largest absolute Gasteiger partial charge is 0.357 e. The van der Waals surface area contributed by atoms with E-state index in [9.17, 15) is 0 Å². The number of hydrogen-bond donors (Lipinski definition) is 2. The highest BCUT2D eigenvalue weighted by Crippen LogP contribution is 2.27. The van der Waals surface area contributed by atoms with Crippen LogP contribution in [0.15, 0.2) is 10.5 Å². The van der Waals surface area contributed by atoms with Crippen LogP contribution in [0.3, 0.4) is 0 Å². The van der Waals surface area contributed by atoms with Crippen molar-refractivity contribution in [2.24, 2.45) is 10.9 Å². The van der Waals surface area contributed by atoms with Crippen LogP contribution in [-0.2, 0) is 6.54 Å². The molecule has 0 amide bonds. The zero-order valence-corrected chi connectivity index (χ0v) is 14.0. The highest BCUT2D eigenvalue weighted by Gasteiger charge is 2.21. The topological polar surface area (TPSA) is 49.3 Å². The van der Waals surface area contributed by atoms with Crippen LogP contribution in [0, 0.1) is 12.8 Å². The second-order valence-electron chi connectivity index (χ2n) is 4.38. The van der Waals surface area contributed by atoms with E-state index in [0.717, 1.165) is 37.2 Å². The lowest BCUT2D eigenvalue weighted by atomic mass is 10.4. The summed E-state index contributed by atoms with van der Waals surface area (Å²) in [5.74, 6) is 1.79. The Kier molecular flexibility index (Phi) is 6.91. The molecular weight excluding hydrogens is 359 g/mol. The number of aromatic nitrogens is 1. The number of thiazole rings is 1. The maximum Gasteiger partial charge on any atom is 0.191 e. The zero-order chi connectivity index (χ0) is 12.1. The van der Waals surface area contributed by atoms with Crippen LogP contribution in [0.4, 0.5) is 0 Å². The maximum atomic E-state index is 4.58. The number of rotatable bonds is 5. The van der Waals surface area contributed by atoms with Crippen LogP contribution in [0.1, 0.15) is 30.3 Å².